The first-order valence-corrected chi connectivity index (χ1v) is 7.47. The Morgan fingerprint density at radius 3 is 2.62 bits per heavy atom. The molecule has 2 heterocycles. The number of benzene rings is 2. The fraction of sp³-hybridized carbons (Fsp3) is 0.235. The molecule has 2 N–H and O–H groups in total. The first kappa shape index (κ1) is 14.9. The summed E-state index contributed by atoms with van der Waals surface area (Å²) in [4.78, 5) is 11.4. The van der Waals surface area contributed by atoms with E-state index in [2.05, 4.69) is 10.6 Å². The maximum absolute atomic E-state index is 12.9. The van der Waals surface area contributed by atoms with Gasteiger partial charge in [0.25, 0.3) is 0 Å². The second-order valence-electron chi connectivity index (χ2n) is 5.73. The zero-order chi connectivity index (χ0) is 16.9. The van der Waals surface area contributed by atoms with E-state index in [0.717, 1.165) is 34.5 Å². The highest BCUT2D eigenvalue weighted by Gasteiger charge is 2.32. The summed E-state index contributed by atoms with van der Waals surface area (Å²) in [6.07, 6.45) is -3.84. The van der Waals surface area contributed by atoms with Crippen molar-refractivity contribution in [2.75, 3.05) is 11.9 Å². The molecule has 124 valence electrons. The van der Waals surface area contributed by atoms with Gasteiger partial charge in [-0.25, -0.2) is 4.79 Å². The fourth-order valence-corrected chi connectivity index (χ4v) is 3.19. The Hall–Kier alpha value is -2.70. The maximum Gasteiger partial charge on any atom is 0.416 e. The number of hydrogen-bond donors (Lipinski definition) is 2. The average Bonchev–Trinajstić information content (AvgIpc) is 2.72. The van der Waals surface area contributed by atoms with Crippen molar-refractivity contribution >= 4 is 11.7 Å². The van der Waals surface area contributed by atoms with Gasteiger partial charge in [0.1, 0.15) is 5.75 Å². The molecule has 0 spiro atoms. The second-order valence-corrected chi connectivity index (χ2v) is 5.73. The summed E-state index contributed by atoms with van der Waals surface area (Å²) in [5, 5.41) is 5.47. The lowest BCUT2D eigenvalue weighted by molar-refractivity contribution is -0.137. The molecule has 0 bridgehead atoms. The van der Waals surface area contributed by atoms with Crippen molar-refractivity contribution in [2.45, 2.75) is 19.1 Å². The number of carbonyl (C=O) groups is 1. The van der Waals surface area contributed by atoms with Gasteiger partial charge in [0.05, 0.1) is 12.2 Å². The Morgan fingerprint density at radius 1 is 1.04 bits per heavy atom. The monoisotopic (exact) mass is 334 g/mol. The lowest BCUT2D eigenvalue weighted by Crippen LogP contribution is -2.34. The van der Waals surface area contributed by atoms with Crippen LogP contribution in [-0.4, -0.2) is 12.6 Å². The minimum atomic E-state index is -4.41. The molecule has 2 amide bonds. The summed E-state index contributed by atoms with van der Waals surface area (Å²) in [6, 6.07) is 6.90. The van der Waals surface area contributed by atoms with Gasteiger partial charge in [-0.05, 0) is 34.9 Å². The summed E-state index contributed by atoms with van der Waals surface area (Å²) >= 11 is 0. The Balaban J connectivity index is 1.86. The lowest BCUT2D eigenvalue weighted by Gasteiger charge is -2.22. The number of amides is 2. The number of fused-ring (bicyclic) bond motifs is 5. The molecule has 2 aliphatic rings. The highest BCUT2D eigenvalue weighted by molar-refractivity contribution is 5.94. The minimum Gasteiger partial charge on any atom is -0.493 e. The topological polar surface area (TPSA) is 50.4 Å². The SMILES string of the molecule is O=C1NCc2c(ccc3c2CCOc2cc(C(F)(F)F)ccc2-3)N1. The first-order valence-electron chi connectivity index (χ1n) is 7.47. The summed E-state index contributed by atoms with van der Waals surface area (Å²) in [5.74, 6) is 0.233. The number of hydrogen-bond acceptors (Lipinski definition) is 2. The number of ether oxygens (including phenoxy) is 1. The van der Waals surface area contributed by atoms with E-state index in [1.165, 1.54) is 6.07 Å². The van der Waals surface area contributed by atoms with Crippen molar-refractivity contribution in [3.05, 3.63) is 47.0 Å². The Bertz CT molecular complexity index is 846. The van der Waals surface area contributed by atoms with E-state index >= 15 is 0 Å². The van der Waals surface area contributed by atoms with Gasteiger partial charge >= 0.3 is 12.2 Å². The Labute approximate surface area is 135 Å². The summed E-state index contributed by atoms with van der Waals surface area (Å²) < 4.78 is 44.3. The molecular weight excluding hydrogens is 321 g/mol. The van der Waals surface area contributed by atoms with E-state index in [1.54, 1.807) is 6.07 Å². The third-order valence-electron chi connectivity index (χ3n) is 4.31. The number of halogens is 3. The van der Waals surface area contributed by atoms with E-state index in [9.17, 15) is 18.0 Å². The number of nitrogens with one attached hydrogen (secondary N) is 2. The summed E-state index contributed by atoms with van der Waals surface area (Å²) in [7, 11) is 0. The zero-order valence-corrected chi connectivity index (χ0v) is 12.5. The molecule has 0 aliphatic carbocycles. The van der Waals surface area contributed by atoms with Crippen LogP contribution in [0.15, 0.2) is 30.3 Å². The summed E-state index contributed by atoms with van der Waals surface area (Å²) in [6.45, 7) is 0.673. The molecule has 0 aromatic heterocycles. The van der Waals surface area contributed by atoms with E-state index in [0.29, 0.717) is 18.5 Å². The smallest absolute Gasteiger partial charge is 0.416 e. The molecule has 2 aliphatic heterocycles. The number of anilines is 1. The number of urea groups is 1. The van der Waals surface area contributed by atoms with Gasteiger partial charge < -0.3 is 15.4 Å². The first-order chi connectivity index (χ1) is 11.4. The van der Waals surface area contributed by atoms with Crippen molar-refractivity contribution in [2.24, 2.45) is 0 Å². The quantitative estimate of drug-likeness (QED) is 0.767. The molecule has 0 unspecified atom stereocenters. The van der Waals surface area contributed by atoms with Crippen molar-refractivity contribution < 1.29 is 22.7 Å². The van der Waals surface area contributed by atoms with Gasteiger partial charge in [-0.1, -0.05) is 12.1 Å². The van der Waals surface area contributed by atoms with Crippen molar-refractivity contribution in [3.63, 3.8) is 0 Å². The molecule has 0 fully saturated rings. The van der Waals surface area contributed by atoms with E-state index in [-0.39, 0.29) is 18.4 Å². The normalized spacial score (nSPS) is 15.9. The average molecular weight is 334 g/mol. The molecule has 7 heteroatoms. The van der Waals surface area contributed by atoms with Crippen LogP contribution in [0.5, 0.6) is 5.75 Å². The third-order valence-corrected chi connectivity index (χ3v) is 4.31. The molecule has 0 radical (unpaired) electrons. The second kappa shape index (κ2) is 5.15. The number of carbonyl (C=O) groups excluding carboxylic acids is 1. The van der Waals surface area contributed by atoms with E-state index in [1.807, 2.05) is 6.07 Å². The van der Waals surface area contributed by atoms with Crippen LogP contribution in [-0.2, 0) is 19.1 Å². The number of alkyl halides is 3. The van der Waals surface area contributed by atoms with Gasteiger partial charge in [0.15, 0.2) is 0 Å². The molecule has 2 aromatic carbocycles. The predicted octanol–water partition coefficient (Wildman–Crippen LogP) is 3.94. The number of rotatable bonds is 0. The van der Waals surface area contributed by atoms with E-state index < -0.39 is 11.7 Å². The van der Waals surface area contributed by atoms with Gasteiger partial charge in [-0.2, -0.15) is 13.2 Å². The van der Waals surface area contributed by atoms with Crippen LogP contribution in [0.4, 0.5) is 23.7 Å². The van der Waals surface area contributed by atoms with Crippen LogP contribution in [0.3, 0.4) is 0 Å². The van der Waals surface area contributed by atoms with Crippen molar-refractivity contribution in [1.29, 1.82) is 0 Å². The molecule has 0 atom stereocenters. The molecule has 2 aromatic rings. The highest BCUT2D eigenvalue weighted by atomic mass is 19.4. The van der Waals surface area contributed by atoms with Gasteiger partial charge in [0.2, 0.25) is 0 Å². The predicted molar refractivity (Wildman–Crippen MR) is 81.9 cm³/mol. The van der Waals surface area contributed by atoms with Crippen LogP contribution in [0, 0.1) is 0 Å². The molecule has 4 rings (SSSR count). The van der Waals surface area contributed by atoms with Gasteiger partial charge in [-0.15, -0.1) is 0 Å². The maximum atomic E-state index is 12.9. The molecule has 0 saturated carbocycles. The van der Waals surface area contributed by atoms with Crippen LogP contribution in [0.25, 0.3) is 11.1 Å². The van der Waals surface area contributed by atoms with Gasteiger partial charge in [0, 0.05) is 24.2 Å². The molecule has 0 saturated heterocycles. The molecule has 24 heavy (non-hydrogen) atoms. The van der Waals surface area contributed by atoms with Crippen molar-refractivity contribution in [3.8, 4) is 16.9 Å². The zero-order valence-electron chi connectivity index (χ0n) is 12.5. The molecular formula is C17H13F3N2O2. The molecule has 4 nitrogen and oxygen atoms in total. The van der Waals surface area contributed by atoms with Gasteiger partial charge in [-0.3, -0.25) is 0 Å². The standard InChI is InChI=1S/C17H13F3N2O2/c18-17(19,20)9-1-2-12-10-3-4-14-13(8-21-16(23)22-14)11(10)5-6-24-15(12)7-9/h1-4,7H,5-6,8H2,(H2,21,22,23). The largest absolute Gasteiger partial charge is 0.493 e. The summed E-state index contributed by atoms with van der Waals surface area (Å²) in [5.41, 5.74) is 3.41. The van der Waals surface area contributed by atoms with Crippen LogP contribution >= 0.6 is 0 Å². The third kappa shape index (κ3) is 2.36. The highest BCUT2D eigenvalue weighted by Crippen LogP contribution is 2.42. The van der Waals surface area contributed by atoms with Crippen molar-refractivity contribution in [1.82, 2.24) is 5.32 Å². The lowest BCUT2D eigenvalue weighted by atomic mass is 9.91. The fourth-order valence-electron chi connectivity index (χ4n) is 3.19. The minimum absolute atomic E-state index is 0.233. The van der Waals surface area contributed by atoms with Crippen LogP contribution in [0.1, 0.15) is 16.7 Å². The van der Waals surface area contributed by atoms with E-state index in [4.69, 9.17) is 4.74 Å². The van der Waals surface area contributed by atoms with Crippen LogP contribution in [0.2, 0.25) is 0 Å². The Morgan fingerprint density at radius 2 is 1.83 bits per heavy atom. The Kier molecular flexibility index (Phi) is 3.19. The van der Waals surface area contributed by atoms with Crippen LogP contribution < -0.4 is 15.4 Å².